The summed E-state index contributed by atoms with van der Waals surface area (Å²) in [6, 6.07) is 0.224. The lowest BCUT2D eigenvalue weighted by molar-refractivity contribution is -0.128. The van der Waals surface area contributed by atoms with Gasteiger partial charge in [0.2, 0.25) is 5.91 Å². The molecule has 1 N–H and O–H groups in total. The Hall–Kier alpha value is -0.470. The van der Waals surface area contributed by atoms with Crippen LogP contribution in [0.5, 0.6) is 0 Å². The van der Waals surface area contributed by atoms with E-state index in [0.29, 0.717) is 24.9 Å². The van der Waals surface area contributed by atoms with Crippen molar-refractivity contribution >= 4 is 21.6 Å². The Morgan fingerprint density at radius 2 is 1.90 bits per heavy atom. The van der Waals surface area contributed by atoms with Gasteiger partial charge in [-0.1, -0.05) is 41.5 Å². The van der Waals surface area contributed by atoms with E-state index in [-0.39, 0.29) is 17.4 Å². The van der Waals surface area contributed by atoms with Crippen molar-refractivity contribution in [2.45, 2.75) is 63.5 Å². The molecule has 1 saturated carbocycles. The number of carbonyl (C=O) groups is 2. The molecule has 2 heterocycles. The summed E-state index contributed by atoms with van der Waals surface area (Å²) in [6.07, 6.45) is 10.3. The Morgan fingerprint density at radius 3 is 2.60 bits per heavy atom. The van der Waals surface area contributed by atoms with Gasteiger partial charge in [-0.3, -0.25) is 9.46 Å². The quantitative estimate of drug-likeness (QED) is 0.594. The molecule has 20 heavy (non-hydrogen) atoms. The van der Waals surface area contributed by atoms with Crippen molar-refractivity contribution in [1.82, 2.24) is 9.99 Å². The molecule has 5 atom stereocenters. The van der Waals surface area contributed by atoms with Gasteiger partial charge in [-0.25, -0.2) is 0 Å². The van der Waals surface area contributed by atoms with Crippen molar-refractivity contribution in [3.63, 3.8) is 0 Å². The molecule has 4 nitrogen and oxygen atoms in total. The lowest BCUT2D eigenvalue weighted by Crippen LogP contribution is -2.37. The lowest BCUT2D eigenvalue weighted by Gasteiger charge is -2.30. The van der Waals surface area contributed by atoms with E-state index in [1.807, 2.05) is 4.67 Å². The number of nitrogens with zero attached hydrogens (tertiary/aromatic N) is 1. The van der Waals surface area contributed by atoms with Gasteiger partial charge in [-0.05, 0) is 25.2 Å². The van der Waals surface area contributed by atoms with Gasteiger partial charge >= 0.3 is 0 Å². The zero-order chi connectivity index (χ0) is 14.2. The molecule has 1 amide bonds. The standard InChI is InChI=1S/C15H25N2O2P/c18-9-11-8-15(10-17(11)20)12-6-4-2-1-3-5-7-13(12)16-14(15)19/h9,11-13H,1-8,10,20H2,(H,16,19). The first-order chi connectivity index (χ1) is 9.67. The van der Waals surface area contributed by atoms with Crippen LogP contribution in [-0.2, 0) is 9.59 Å². The van der Waals surface area contributed by atoms with Gasteiger partial charge in [0, 0.05) is 12.6 Å². The molecule has 0 aromatic carbocycles. The molecule has 112 valence electrons. The van der Waals surface area contributed by atoms with E-state index in [9.17, 15) is 9.59 Å². The van der Waals surface area contributed by atoms with Gasteiger partial charge in [0.15, 0.2) is 0 Å². The van der Waals surface area contributed by atoms with Crippen molar-refractivity contribution in [1.29, 1.82) is 0 Å². The maximum absolute atomic E-state index is 12.6. The van der Waals surface area contributed by atoms with Gasteiger partial charge in [0.05, 0.1) is 11.5 Å². The van der Waals surface area contributed by atoms with Crippen LogP contribution in [0.1, 0.15) is 51.4 Å². The van der Waals surface area contributed by atoms with Crippen LogP contribution in [0.15, 0.2) is 0 Å². The van der Waals surface area contributed by atoms with Gasteiger partial charge < -0.3 is 10.1 Å². The predicted molar refractivity (Wildman–Crippen MR) is 81.1 cm³/mol. The summed E-state index contributed by atoms with van der Waals surface area (Å²) in [6.45, 7) is 0.716. The summed E-state index contributed by atoms with van der Waals surface area (Å²) < 4.78 is 1.99. The Balaban J connectivity index is 1.85. The number of fused-ring (bicyclic) bond motifs is 2. The van der Waals surface area contributed by atoms with Crippen LogP contribution in [0.2, 0.25) is 0 Å². The Labute approximate surface area is 123 Å². The molecule has 0 aromatic heterocycles. The first-order valence-corrected chi connectivity index (χ1v) is 8.46. The van der Waals surface area contributed by atoms with E-state index >= 15 is 0 Å². The zero-order valence-corrected chi connectivity index (χ0v) is 13.2. The predicted octanol–water partition coefficient (Wildman–Crippen LogP) is 1.89. The molecule has 1 aliphatic carbocycles. The van der Waals surface area contributed by atoms with E-state index in [1.54, 1.807) is 0 Å². The van der Waals surface area contributed by atoms with Crippen LogP contribution in [0.25, 0.3) is 0 Å². The molecule has 1 spiro atoms. The minimum atomic E-state index is -0.317. The molecule has 0 radical (unpaired) electrons. The normalized spacial score (nSPS) is 42.6. The second-order valence-corrected chi connectivity index (χ2v) is 7.43. The highest BCUT2D eigenvalue weighted by Crippen LogP contribution is 2.50. The number of carbonyl (C=O) groups excluding carboxylic acids is 2. The second kappa shape index (κ2) is 5.73. The first kappa shape index (κ1) is 14.5. The van der Waals surface area contributed by atoms with Crippen LogP contribution in [0.4, 0.5) is 0 Å². The third-order valence-electron chi connectivity index (χ3n) is 5.62. The fourth-order valence-electron chi connectivity index (χ4n) is 4.53. The summed E-state index contributed by atoms with van der Waals surface area (Å²) in [5.41, 5.74) is -0.317. The Morgan fingerprint density at radius 1 is 1.20 bits per heavy atom. The van der Waals surface area contributed by atoms with Gasteiger partial charge in [0.25, 0.3) is 0 Å². The fourth-order valence-corrected chi connectivity index (χ4v) is 5.03. The van der Waals surface area contributed by atoms with E-state index in [0.717, 1.165) is 19.1 Å². The number of aldehydes is 1. The summed E-state index contributed by atoms with van der Waals surface area (Å²) in [5.74, 6) is 0.617. The van der Waals surface area contributed by atoms with Crippen molar-refractivity contribution in [2.75, 3.05) is 6.54 Å². The van der Waals surface area contributed by atoms with Crippen LogP contribution in [-0.4, -0.2) is 35.5 Å². The molecule has 0 bridgehead atoms. The molecule has 5 heteroatoms. The number of hydrogen-bond donors (Lipinski definition) is 1. The minimum absolute atomic E-state index is 0.114. The largest absolute Gasteiger partial charge is 0.353 e. The summed E-state index contributed by atoms with van der Waals surface area (Å²) in [5, 5.41) is 3.26. The van der Waals surface area contributed by atoms with E-state index in [2.05, 4.69) is 14.7 Å². The average molecular weight is 296 g/mol. The van der Waals surface area contributed by atoms with Crippen molar-refractivity contribution in [2.24, 2.45) is 11.3 Å². The summed E-state index contributed by atoms with van der Waals surface area (Å²) >= 11 is 0. The monoisotopic (exact) mass is 296 g/mol. The topological polar surface area (TPSA) is 49.4 Å². The molecule has 5 unspecified atom stereocenters. The lowest BCUT2D eigenvalue weighted by atomic mass is 9.70. The van der Waals surface area contributed by atoms with Crippen LogP contribution in [0.3, 0.4) is 0 Å². The van der Waals surface area contributed by atoms with E-state index in [4.69, 9.17) is 0 Å². The molecular formula is C15H25N2O2P. The SMILES string of the molecule is O=CC1CC2(CN1P)C(=O)NC1CCCCCCCC12. The summed E-state index contributed by atoms with van der Waals surface area (Å²) in [7, 11) is 2.64. The molecule has 3 rings (SSSR count). The van der Waals surface area contributed by atoms with Gasteiger partial charge in [-0.15, -0.1) is 0 Å². The molecule has 2 aliphatic heterocycles. The Bertz CT molecular complexity index is 403. The third kappa shape index (κ3) is 2.31. The Kier molecular flexibility index (Phi) is 4.14. The van der Waals surface area contributed by atoms with E-state index < -0.39 is 0 Å². The summed E-state index contributed by atoms with van der Waals surface area (Å²) in [4.78, 5) is 23.8. The molecule has 3 aliphatic rings. The molecule has 3 fully saturated rings. The molecular weight excluding hydrogens is 271 g/mol. The number of rotatable bonds is 1. The third-order valence-corrected chi connectivity index (χ3v) is 6.18. The van der Waals surface area contributed by atoms with Crippen LogP contribution < -0.4 is 5.32 Å². The van der Waals surface area contributed by atoms with Crippen molar-refractivity contribution in [3.05, 3.63) is 0 Å². The highest BCUT2D eigenvalue weighted by molar-refractivity contribution is 7.13. The molecule has 0 aromatic rings. The van der Waals surface area contributed by atoms with Crippen LogP contribution in [0, 0.1) is 11.3 Å². The number of amides is 1. The first-order valence-electron chi connectivity index (χ1n) is 7.95. The maximum atomic E-state index is 12.6. The van der Waals surface area contributed by atoms with Crippen molar-refractivity contribution < 1.29 is 9.59 Å². The van der Waals surface area contributed by atoms with Gasteiger partial charge in [-0.2, -0.15) is 0 Å². The average Bonchev–Trinajstić information content (AvgIpc) is 2.92. The maximum Gasteiger partial charge on any atom is 0.228 e. The fraction of sp³-hybridized carbons (Fsp3) is 0.867. The zero-order valence-electron chi connectivity index (χ0n) is 12.0. The number of nitrogens with one attached hydrogen (secondary N) is 1. The highest BCUT2D eigenvalue weighted by atomic mass is 31.0. The minimum Gasteiger partial charge on any atom is -0.353 e. The highest BCUT2D eigenvalue weighted by Gasteiger charge is 2.59. The second-order valence-electron chi connectivity index (χ2n) is 6.77. The van der Waals surface area contributed by atoms with Crippen LogP contribution >= 0.6 is 9.39 Å². The smallest absolute Gasteiger partial charge is 0.228 e. The van der Waals surface area contributed by atoms with E-state index in [1.165, 1.54) is 32.1 Å². The van der Waals surface area contributed by atoms with Gasteiger partial charge in [0.1, 0.15) is 6.29 Å². The molecule has 2 saturated heterocycles. The van der Waals surface area contributed by atoms with Crippen molar-refractivity contribution in [3.8, 4) is 0 Å². The number of hydrogen-bond acceptors (Lipinski definition) is 3.